The number of alkyl halides is 3. The first kappa shape index (κ1) is 22.2. The fraction of sp³-hybridized carbons (Fsp3) is 0.529. The fourth-order valence-electron chi connectivity index (χ4n) is 2.61. The standard InChI is InChI=1S/C17H22F3N3O2.ClH/c1-11(2)14(21)16(25)23-9-7-22(8-10-23)15(24)12-3-5-13(6-4-12)17(18,19)20;/h3-6,11,14H,7-10,21H2,1-2H3;1H/t14-;/m0./s1. The summed E-state index contributed by atoms with van der Waals surface area (Å²) in [5.74, 6) is -0.454. The summed E-state index contributed by atoms with van der Waals surface area (Å²) in [6.45, 7) is 5.13. The van der Waals surface area contributed by atoms with Gasteiger partial charge in [0.15, 0.2) is 0 Å². The molecule has 0 aromatic heterocycles. The van der Waals surface area contributed by atoms with Crippen LogP contribution < -0.4 is 5.73 Å². The zero-order chi connectivity index (χ0) is 18.8. The van der Waals surface area contributed by atoms with Gasteiger partial charge in [-0.05, 0) is 30.2 Å². The Hall–Kier alpha value is -1.80. The lowest BCUT2D eigenvalue weighted by atomic mass is 10.0. The van der Waals surface area contributed by atoms with E-state index in [2.05, 4.69) is 0 Å². The molecule has 2 rings (SSSR count). The lowest BCUT2D eigenvalue weighted by Crippen LogP contribution is -2.55. The summed E-state index contributed by atoms with van der Waals surface area (Å²) in [5, 5.41) is 0. The maximum Gasteiger partial charge on any atom is 0.416 e. The second-order valence-electron chi connectivity index (χ2n) is 6.46. The Balaban J connectivity index is 0.00000338. The van der Waals surface area contributed by atoms with Crippen LogP contribution >= 0.6 is 12.4 Å². The molecule has 2 N–H and O–H groups in total. The maximum absolute atomic E-state index is 12.6. The zero-order valence-corrected chi connectivity index (χ0v) is 15.4. The van der Waals surface area contributed by atoms with Crippen LogP contribution in [0.2, 0.25) is 0 Å². The highest BCUT2D eigenvalue weighted by Gasteiger charge is 2.31. The van der Waals surface area contributed by atoms with Crippen molar-refractivity contribution in [3.05, 3.63) is 35.4 Å². The predicted octanol–water partition coefficient (Wildman–Crippen LogP) is 2.39. The zero-order valence-electron chi connectivity index (χ0n) is 14.6. The number of rotatable bonds is 3. The van der Waals surface area contributed by atoms with Crippen molar-refractivity contribution in [2.75, 3.05) is 26.2 Å². The van der Waals surface area contributed by atoms with Crippen molar-refractivity contribution in [2.24, 2.45) is 11.7 Å². The van der Waals surface area contributed by atoms with E-state index in [4.69, 9.17) is 5.73 Å². The van der Waals surface area contributed by atoms with E-state index in [1.54, 1.807) is 4.90 Å². The Morgan fingerprint density at radius 3 is 1.88 bits per heavy atom. The van der Waals surface area contributed by atoms with Crippen LogP contribution in [-0.4, -0.2) is 53.8 Å². The average Bonchev–Trinajstić information content (AvgIpc) is 2.59. The van der Waals surface area contributed by atoms with Gasteiger partial charge in [-0.25, -0.2) is 0 Å². The topological polar surface area (TPSA) is 66.6 Å². The number of piperazine rings is 1. The van der Waals surface area contributed by atoms with Crippen molar-refractivity contribution < 1.29 is 22.8 Å². The van der Waals surface area contributed by atoms with Crippen molar-refractivity contribution in [1.29, 1.82) is 0 Å². The summed E-state index contributed by atoms with van der Waals surface area (Å²) in [4.78, 5) is 27.8. The molecule has 9 heteroatoms. The molecule has 0 unspecified atom stereocenters. The summed E-state index contributed by atoms with van der Waals surface area (Å²) in [6, 6.07) is 3.58. The van der Waals surface area contributed by atoms with Gasteiger partial charge in [0.05, 0.1) is 11.6 Å². The summed E-state index contributed by atoms with van der Waals surface area (Å²) in [5.41, 5.74) is 5.27. The van der Waals surface area contributed by atoms with Crippen LogP contribution in [0, 0.1) is 5.92 Å². The summed E-state index contributed by atoms with van der Waals surface area (Å²) >= 11 is 0. The van der Waals surface area contributed by atoms with E-state index in [0.29, 0.717) is 26.2 Å². The van der Waals surface area contributed by atoms with Crippen LogP contribution in [0.25, 0.3) is 0 Å². The number of hydrogen-bond donors (Lipinski definition) is 1. The number of carbonyl (C=O) groups excluding carboxylic acids is 2. The lowest BCUT2D eigenvalue weighted by molar-refractivity contribution is -0.137. The largest absolute Gasteiger partial charge is 0.416 e. The molecule has 1 aliphatic heterocycles. The number of hydrogen-bond acceptors (Lipinski definition) is 3. The molecule has 0 aliphatic carbocycles. The highest BCUT2D eigenvalue weighted by molar-refractivity contribution is 5.94. The molecule has 1 atom stereocenters. The second-order valence-corrected chi connectivity index (χ2v) is 6.46. The van der Waals surface area contributed by atoms with Crippen LogP contribution in [0.1, 0.15) is 29.8 Å². The number of benzene rings is 1. The first-order valence-corrected chi connectivity index (χ1v) is 8.12. The fourth-order valence-corrected chi connectivity index (χ4v) is 2.61. The summed E-state index contributed by atoms with van der Waals surface area (Å²) in [6.07, 6.45) is -4.43. The minimum Gasteiger partial charge on any atom is -0.338 e. The molecule has 0 bridgehead atoms. The van der Waals surface area contributed by atoms with Gasteiger partial charge in [-0.2, -0.15) is 13.2 Å². The van der Waals surface area contributed by atoms with Crippen molar-refractivity contribution >= 4 is 24.2 Å². The Kier molecular flexibility index (Phi) is 7.46. The SMILES string of the molecule is CC(C)[C@H](N)C(=O)N1CCN(C(=O)c2ccc(C(F)(F)F)cc2)CC1.Cl. The van der Waals surface area contributed by atoms with Crippen molar-refractivity contribution in [1.82, 2.24) is 9.80 Å². The minimum atomic E-state index is -4.43. The quantitative estimate of drug-likeness (QED) is 0.857. The van der Waals surface area contributed by atoms with Crippen molar-refractivity contribution in [2.45, 2.75) is 26.1 Å². The smallest absolute Gasteiger partial charge is 0.338 e. The third-order valence-electron chi connectivity index (χ3n) is 4.34. The van der Waals surface area contributed by atoms with Crippen LogP contribution in [-0.2, 0) is 11.0 Å². The monoisotopic (exact) mass is 393 g/mol. The molecule has 26 heavy (non-hydrogen) atoms. The van der Waals surface area contributed by atoms with E-state index >= 15 is 0 Å². The highest BCUT2D eigenvalue weighted by atomic mass is 35.5. The molecule has 1 saturated heterocycles. The predicted molar refractivity (Wildman–Crippen MR) is 94.0 cm³/mol. The van der Waals surface area contributed by atoms with Gasteiger partial charge in [-0.1, -0.05) is 13.8 Å². The van der Waals surface area contributed by atoms with E-state index in [9.17, 15) is 22.8 Å². The maximum atomic E-state index is 12.6. The number of nitrogens with zero attached hydrogens (tertiary/aromatic N) is 2. The van der Waals surface area contributed by atoms with E-state index in [-0.39, 0.29) is 35.7 Å². The molecule has 2 amide bonds. The molecule has 1 fully saturated rings. The van der Waals surface area contributed by atoms with Gasteiger partial charge in [0, 0.05) is 31.7 Å². The summed E-state index contributed by atoms with van der Waals surface area (Å²) < 4.78 is 37.7. The second kappa shape index (κ2) is 8.73. The van der Waals surface area contributed by atoms with Crippen LogP contribution in [0.5, 0.6) is 0 Å². The van der Waals surface area contributed by atoms with E-state index in [0.717, 1.165) is 12.1 Å². The lowest BCUT2D eigenvalue weighted by Gasteiger charge is -2.36. The third kappa shape index (κ3) is 5.11. The normalized spacial score (nSPS) is 16.3. The van der Waals surface area contributed by atoms with Crippen molar-refractivity contribution in [3.8, 4) is 0 Å². The van der Waals surface area contributed by atoms with Crippen LogP contribution in [0.4, 0.5) is 13.2 Å². The minimum absolute atomic E-state index is 0. The molecule has 0 radical (unpaired) electrons. The van der Waals surface area contributed by atoms with Gasteiger partial charge in [0.25, 0.3) is 5.91 Å². The first-order valence-electron chi connectivity index (χ1n) is 8.12. The number of carbonyl (C=O) groups is 2. The number of amides is 2. The highest BCUT2D eigenvalue weighted by Crippen LogP contribution is 2.29. The molecule has 146 valence electrons. The van der Waals surface area contributed by atoms with Crippen LogP contribution in [0.15, 0.2) is 24.3 Å². The Morgan fingerprint density at radius 1 is 1.00 bits per heavy atom. The Morgan fingerprint density at radius 2 is 1.46 bits per heavy atom. The summed E-state index contributed by atoms with van der Waals surface area (Å²) in [7, 11) is 0. The Labute approximate surface area is 156 Å². The van der Waals surface area contributed by atoms with E-state index in [1.165, 1.54) is 17.0 Å². The molecular weight excluding hydrogens is 371 g/mol. The van der Waals surface area contributed by atoms with Gasteiger partial charge >= 0.3 is 6.18 Å². The van der Waals surface area contributed by atoms with Gasteiger partial charge in [0.1, 0.15) is 0 Å². The third-order valence-corrected chi connectivity index (χ3v) is 4.34. The average molecular weight is 394 g/mol. The molecule has 0 saturated carbocycles. The Bertz CT molecular complexity index is 627. The molecule has 1 aliphatic rings. The van der Waals surface area contributed by atoms with Gasteiger partial charge < -0.3 is 15.5 Å². The molecule has 5 nitrogen and oxygen atoms in total. The van der Waals surface area contributed by atoms with E-state index < -0.39 is 17.8 Å². The number of halogens is 4. The van der Waals surface area contributed by atoms with Gasteiger partial charge in [-0.3, -0.25) is 9.59 Å². The molecular formula is C17H23ClF3N3O2. The first-order chi connectivity index (χ1) is 11.6. The van der Waals surface area contributed by atoms with Crippen LogP contribution in [0.3, 0.4) is 0 Å². The number of nitrogens with two attached hydrogens (primary N) is 1. The molecule has 1 aromatic carbocycles. The van der Waals surface area contributed by atoms with Crippen molar-refractivity contribution in [3.63, 3.8) is 0 Å². The van der Waals surface area contributed by atoms with E-state index in [1.807, 2.05) is 13.8 Å². The molecule has 1 aromatic rings. The van der Waals surface area contributed by atoms with Gasteiger partial charge in [-0.15, -0.1) is 12.4 Å². The molecule has 0 spiro atoms. The molecule has 1 heterocycles. The van der Waals surface area contributed by atoms with Gasteiger partial charge in [0.2, 0.25) is 5.91 Å².